The van der Waals surface area contributed by atoms with E-state index >= 15 is 0 Å². The molecule has 0 unspecified atom stereocenters. The van der Waals surface area contributed by atoms with Crippen LogP contribution in [0.15, 0.2) is 24.3 Å². The summed E-state index contributed by atoms with van der Waals surface area (Å²) >= 11 is 5.88. The number of halogens is 1. The first-order chi connectivity index (χ1) is 9.09. The molecule has 4 nitrogen and oxygen atoms in total. The molecule has 5 heteroatoms. The van der Waals surface area contributed by atoms with E-state index in [1.54, 1.807) is 24.3 Å². The summed E-state index contributed by atoms with van der Waals surface area (Å²) in [4.78, 5) is 22.2. The minimum absolute atomic E-state index is 0.0295. The van der Waals surface area contributed by atoms with Crippen LogP contribution in [0.4, 0.5) is 0 Å². The first kappa shape index (κ1) is 15.5. The third-order valence-electron chi connectivity index (χ3n) is 2.49. The molecular weight excluding hydrogens is 266 g/mol. The van der Waals surface area contributed by atoms with Crippen LogP contribution in [0.1, 0.15) is 32.6 Å². The standard InChI is InChI=1S/C14H18ClNO3/c1-11(17)16-10-6-2-3-9-14(18)19-13-8-5-4-7-12(13)15/h4-5,7-8H,2-3,6,9-10H2,1H3,(H,16,17). The van der Waals surface area contributed by atoms with Crippen molar-refractivity contribution in [3.05, 3.63) is 29.3 Å². The van der Waals surface area contributed by atoms with Crippen molar-refractivity contribution in [2.75, 3.05) is 6.54 Å². The Kier molecular flexibility index (Phi) is 6.97. The molecule has 19 heavy (non-hydrogen) atoms. The fraction of sp³-hybridized carbons (Fsp3) is 0.429. The van der Waals surface area contributed by atoms with Crippen molar-refractivity contribution in [3.63, 3.8) is 0 Å². The maximum absolute atomic E-state index is 11.6. The highest BCUT2D eigenvalue weighted by Crippen LogP contribution is 2.23. The lowest BCUT2D eigenvalue weighted by Crippen LogP contribution is -2.20. The van der Waals surface area contributed by atoms with Crippen LogP contribution in [0.2, 0.25) is 5.02 Å². The van der Waals surface area contributed by atoms with E-state index < -0.39 is 0 Å². The number of hydrogen-bond donors (Lipinski definition) is 1. The van der Waals surface area contributed by atoms with E-state index in [9.17, 15) is 9.59 Å². The molecule has 0 atom stereocenters. The van der Waals surface area contributed by atoms with Crippen molar-refractivity contribution in [1.82, 2.24) is 5.32 Å². The summed E-state index contributed by atoms with van der Waals surface area (Å²) in [6, 6.07) is 6.89. The number of carbonyl (C=O) groups is 2. The zero-order chi connectivity index (χ0) is 14.1. The zero-order valence-electron chi connectivity index (χ0n) is 10.9. The maximum atomic E-state index is 11.6. The van der Waals surface area contributed by atoms with Crippen LogP contribution in [-0.2, 0) is 9.59 Å². The number of hydrogen-bond acceptors (Lipinski definition) is 3. The van der Waals surface area contributed by atoms with Crippen LogP contribution < -0.4 is 10.1 Å². The predicted octanol–water partition coefficient (Wildman–Crippen LogP) is 2.94. The molecule has 0 aliphatic rings. The third kappa shape index (κ3) is 6.82. The molecule has 0 spiro atoms. The number of unbranched alkanes of at least 4 members (excludes halogenated alkanes) is 2. The molecular formula is C14H18ClNO3. The molecule has 1 rings (SSSR count). The first-order valence-electron chi connectivity index (χ1n) is 6.29. The number of carbonyl (C=O) groups excluding carboxylic acids is 2. The smallest absolute Gasteiger partial charge is 0.311 e. The average Bonchev–Trinajstić information content (AvgIpc) is 2.36. The highest BCUT2D eigenvalue weighted by molar-refractivity contribution is 6.32. The number of esters is 1. The highest BCUT2D eigenvalue weighted by atomic mass is 35.5. The highest BCUT2D eigenvalue weighted by Gasteiger charge is 2.07. The van der Waals surface area contributed by atoms with Crippen molar-refractivity contribution in [3.8, 4) is 5.75 Å². The summed E-state index contributed by atoms with van der Waals surface area (Å²) in [6.07, 6.45) is 2.82. The van der Waals surface area contributed by atoms with Crippen molar-refractivity contribution in [2.24, 2.45) is 0 Å². The second-order valence-electron chi connectivity index (χ2n) is 4.20. The van der Waals surface area contributed by atoms with E-state index in [0.717, 1.165) is 19.3 Å². The second kappa shape index (κ2) is 8.53. The van der Waals surface area contributed by atoms with Crippen molar-refractivity contribution < 1.29 is 14.3 Å². The van der Waals surface area contributed by atoms with Crippen molar-refractivity contribution in [1.29, 1.82) is 0 Å². The van der Waals surface area contributed by atoms with E-state index in [-0.39, 0.29) is 11.9 Å². The SMILES string of the molecule is CC(=O)NCCCCCC(=O)Oc1ccccc1Cl. The lowest BCUT2D eigenvalue weighted by Gasteiger charge is -2.06. The Morgan fingerprint density at radius 1 is 1.21 bits per heavy atom. The van der Waals surface area contributed by atoms with E-state index in [0.29, 0.717) is 23.7 Å². The summed E-state index contributed by atoms with van der Waals surface area (Å²) in [7, 11) is 0. The fourth-order valence-corrected chi connectivity index (χ4v) is 1.71. The number of benzene rings is 1. The molecule has 1 N–H and O–H groups in total. The van der Waals surface area contributed by atoms with Crippen molar-refractivity contribution in [2.45, 2.75) is 32.6 Å². The van der Waals surface area contributed by atoms with Crippen LogP contribution in [0.5, 0.6) is 5.75 Å². The molecule has 0 bridgehead atoms. The van der Waals surface area contributed by atoms with Gasteiger partial charge in [0, 0.05) is 19.9 Å². The Morgan fingerprint density at radius 2 is 1.95 bits per heavy atom. The van der Waals surface area contributed by atoms with Gasteiger partial charge in [0.1, 0.15) is 5.75 Å². The number of amides is 1. The minimum atomic E-state index is -0.285. The Bertz CT molecular complexity index is 434. The van der Waals surface area contributed by atoms with Gasteiger partial charge in [0.05, 0.1) is 5.02 Å². The Balaban J connectivity index is 2.15. The third-order valence-corrected chi connectivity index (χ3v) is 2.80. The van der Waals surface area contributed by atoms with Gasteiger partial charge in [-0.15, -0.1) is 0 Å². The molecule has 0 saturated carbocycles. The quantitative estimate of drug-likeness (QED) is 0.475. The van der Waals surface area contributed by atoms with Crippen LogP contribution in [0.3, 0.4) is 0 Å². The zero-order valence-corrected chi connectivity index (χ0v) is 11.7. The summed E-state index contributed by atoms with van der Waals surface area (Å²) in [5.41, 5.74) is 0. The Hall–Kier alpha value is -1.55. The lowest BCUT2D eigenvalue weighted by molar-refractivity contribution is -0.134. The summed E-state index contributed by atoms with van der Waals surface area (Å²) in [5.74, 6) is 0.0816. The molecule has 0 aliphatic heterocycles. The van der Waals surface area contributed by atoms with Crippen LogP contribution in [0, 0.1) is 0 Å². The normalized spacial score (nSPS) is 10.0. The molecule has 0 fully saturated rings. The molecule has 0 radical (unpaired) electrons. The predicted molar refractivity (Wildman–Crippen MR) is 74.2 cm³/mol. The number of para-hydroxylation sites is 1. The molecule has 0 aliphatic carbocycles. The van der Waals surface area contributed by atoms with Gasteiger partial charge in [-0.05, 0) is 25.0 Å². The van der Waals surface area contributed by atoms with E-state index in [1.165, 1.54) is 6.92 Å². The summed E-state index contributed by atoms with van der Waals surface area (Å²) in [6.45, 7) is 2.13. The van der Waals surface area contributed by atoms with Crippen molar-refractivity contribution >= 4 is 23.5 Å². The molecule has 1 aromatic carbocycles. The van der Waals surface area contributed by atoms with Gasteiger partial charge in [0.2, 0.25) is 5.91 Å². The van der Waals surface area contributed by atoms with E-state index in [2.05, 4.69) is 5.32 Å². The van der Waals surface area contributed by atoms with E-state index in [1.807, 2.05) is 0 Å². The number of rotatable bonds is 7. The Morgan fingerprint density at radius 3 is 2.63 bits per heavy atom. The lowest BCUT2D eigenvalue weighted by atomic mass is 10.2. The molecule has 0 aromatic heterocycles. The van der Waals surface area contributed by atoms with Crippen LogP contribution in [-0.4, -0.2) is 18.4 Å². The van der Waals surface area contributed by atoms with Gasteiger partial charge in [0.15, 0.2) is 0 Å². The topological polar surface area (TPSA) is 55.4 Å². The number of ether oxygens (including phenoxy) is 1. The molecule has 0 heterocycles. The van der Waals surface area contributed by atoms with Crippen LogP contribution in [0.25, 0.3) is 0 Å². The first-order valence-corrected chi connectivity index (χ1v) is 6.67. The number of nitrogens with one attached hydrogen (secondary N) is 1. The van der Waals surface area contributed by atoms with Gasteiger partial charge in [-0.3, -0.25) is 9.59 Å². The molecule has 1 amide bonds. The second-order valence-corrected chi connectivity index (χ2v) is 4.61. The van der Waals surface area contributed by atoms with Gasteiger partial charge in [-0.25, -0.2) is 0 Å². The minimum Gasteiger partial charge on any atom is -0.425 e. The van der Waals surface area contributed by atoms with Crippen LogP contribution >= 0.6 is 11.6 Å². The Labute approximate surface area is 118 Å². The largest absolute Gasteiger partial charge is 0.425 e. The average molecular weight is 284 g/mol. The van der Waals surface area contributed by atoms with E-state index in [4.69, 9.17) is 16.3 Å². The molecule has 0 saturated heterocycles. The van der Waals surface area contributed by atoms with Gasteiger partial charge >= 0.3 is 5.97 Å². The maximum Gasteiger partial charge on any atom is 0.311 e. The fourth-order valence-electron chi connectivity index (χ4n) is 1.54. The summed E-state index contributed by atoms with van der Waals surface area (Å²) in [5, 5.41) is 3.14. The summed E-state index contributed by atoms with van der Waals surface area (Å²) < 4.78 is 5.15. The van der Waals surface area contributed by atoms with Gasteiger partial charge in [0.25, 0.3) is 0 Å². The monoisotopic (exact) mass is 283 g/mol. The molecule has 104 valence electrons. The van der Waals surface area contributed by atoms with Gasteiger partial charge < -0.3 is 10.1 Å². The molecule has 1 aromatic rings. The van der Waals surface area contributed by atoms with Gasteiger partial charge in [-0.1, -0.05) is 30.2 Å². The van der Waals surface area contributed by atoms with Gasteiger partial charge in [-0.2, -0.15) is 0 Å².